The Bertz CT molecular complexity index is 1800. The second-order valence-corrected chi connectivity index (χ2v) is 11.8. The molecule has 1 saturated heterocycles. The second kappa shape index (κ2) is 15.3. The van der Waals surface area contributed by atoms with Gasteiger partial charge in [-0.25, -0.2) is 23.0 Å². The molecule has 0 aliphatic carbocycles. The van der Waals surface area contributed by atoms with Gasteiger partial charge in [-0.05, 0) is 42.8 Å². The van der Waals surface area contributed by atoms with Gasteiger partial charge in [0.05, 0.1) is 35.0 Å². The van der Waals surface area contributed by atoms with Gasteiger partial charge in [0.1, 0.15) is 11.9 Å². The zero-order valence-electron chi connectivity index (χ0n) is 24.3. The number of aromatic nitrogens is 2. The number of nitriles is 1. The van der Waals surface area contributed by atoms with Gasteiger partial charge in [-0.1, -0.05) is 23.7 Å². The van der Waals surface area contributed by atoms with E-state index < -0.39 is 63.3 Å². The summed E-state index contributed by atoms with van der Waals surface area (Å²) in [6.07, 6.45) is -7.63. The number of ether oxygens (including phenoxy) is 2. The van der Waals surface area contributed by atoms with Gasteiger partial charge in [-0.2, -0.15) is 18.4 Å². The predicted octanol–water partition coefficient (Wildman–Crippen LogP) is 4.64. The Kier molecular flexibility index (Phi) is 11.9. The van der Waals surface area contributed by atoms with Crippen LogP contribution in [0.3, 0.4) is 0 Å². The summed E-state index contributed by atoms with van der Waals surface area (Å²) in [5.41, 5.74) is -2.59. The summed E-state index contributed by atoms with van der Waals surface area (Å²) in [5, 5.41) is 9.80. The molecule has 1 aliphatic heterocycles. The molecular formula is C28H22ClF6N5O7S. The van der Waals surface area contributed by atoms with Crippen molar-refractivity contribution in [3.8, 4) is 6.07 Å². The molecule has 3 heterocycles. The van der Waals surface area contributed by atoms with Crippen LogP contribution in [0.4, 0.5) is 32.2 Å². The normalized spacial score (nSPS) is 13.3. The zero-order chi connectivity index (χ0) is 35.9. The zero-order valence-corrected chi connectivity index (χ0v) is 25.9. The maximum Gasteiger partial charge on any atom is 0.575 e. The van der Waals surface area contributed by atoms with Gasteiger partial charge in [-0.15, -0.1) is 13.2 Å². The Hall–Kier alpha value is -4.96. The Morgan fingerprint density at radius 2 is 1.73 bits per heavy atom. The van der Waals surface area contributed by atoms with E-state index in [2.05, 4.69) is 19.4 Å². The molecule has 0 spiro atoms. The molecule has 256 valence electrons. The van der Waals surface area contributed by atoms with Crippen molar-refractivity contribution in [2.45, 2.75) is 25.2 Å². The first-order valence-corrected chi connectivity index (χ1v) is 15.3. The quantitative estimate of drug-likeness (QED) is 0.254. The third-order valence-corrected chi connectivity index (χ3v) is 7.55. The number of benzene rings is 1. The molecule has 1 amide bonds. The largest absolute Gasteiger partial charge is 0.575 e. The van der Waals surface area contributed by atoms with E-state index in [1.807, 2.05) is 4.72 Å². The molecule has 48 heavy (non-hydrogen) atoms. The molecule has 0 saturated carbocycles. The topological polar surface area (TPSA) is 169 Å². The number of carbonyl (C=O) groups is 3. The molecule has 0 atom stereocenters. The number of sulfonamides is 1. The molecule has 12 nitrogen and oxygen atoms in total. The van der Waals surface area contributed by atoms with Crippen LogP contribution in [0.25, 0.3) is 0 Å². The maximum absolute atomic E-state index is 13.5. The Balaban J connectivity index is 0.000000402. The minimum absolute atomic E-state index is 0.177. The van der Waals surface area contributed by atoms with E-state index in [4.69, 9.17) is 11.6 Å². The van der Waals surface area contributed by atoms with Crippen LogP contribution in [0.15, 0.2) is 54.9 Å². The van der Waals surface area contributed by atoms with Crippen molar-refractivity contribution in [3.63, 3.8) is 0 Å². The summed E-state index contributed by atoms with van der Waals surface area (Å²) in [6.45, 7) is 0.878. The fraction of sp³-hybridized carbons (Fsp3) is 0.286. The SMILES string of the molecule is CCOC(=O)c1cc(C#N)c(N2CC(C(=O)NS(=O)(=O)Cc3ccc(Cl)cc3)C2)nc1C(F)(F)F.O=C(OC(F)(F)F)c1cccnc1. The molecule has 0 unspecified atom stereocenters. The van der Waals surface area contributed by atoms with Crippen molar-refractivity contribution in [2.75, 3.05) is 24.6 Å². The minimum Gasteiger partial charge on any atom is -0.462 e. The van der Waals surface area contributed by atoms with Gasteiger partial charge < -0.3 is 14.4 Å². The van der Waals surface area contributed by atoms with E-state index in [-0.39, 0.29) is 36.6 Å². The highest BCUT2D eigenvalue weighted by Crippen LogP contribution is 2.36. The Morgan fingerprint density at radius 1 is 1.08 bits per heavy atom. The van der Waals surface area contributed by atoms with E-state index in [0.29, 0.717) is 10.6 Å². The van der Waals surface area contributed by atoms with E-state index in [1.165, 1.54) is 54.4 Å². The summed E-state index contributed by atoms with van der Waals surface area (Å²) in [4.78, 5) is 43.2. The average Bonchev–Trinajstić information content (AvgIpc) is 2.96. The minimum atomic E-state index is -5.01. The van der Waals surface area contributed by atoms with Crippen molar-refractivity contribution in [1.29, 1.82) is 5.26 Å². The fourth-order valence-electron chi connectivity index (χ4n) is 3.95. The van der Waals surface area contributed by atoms with Gasteiger partial charge in [0.2, 0.25) is 15.9 Å². The summed E-state index contributed by atoms with van der Waals surface area (Å²) in [7, 11) is -4.04. The number of hydrogen-bond acceptors (Lipinski definition) is 11. The number of hydrogen-bond donors (Lipinski definition) is 1. The van der Waals surface area contributed by atoms with Crippen LogP contribution >= 0.6 is 11.6 Å². The van der Waals surface area contributed by atoms with Gasteiger partial charge in [-0.3, -0.25) is 14.5 Å². The van der Waals surface area contributed by atoms with Crippen LogP contribution in [0.1, 0.15) is 44.5 Å². The number of anilines is 1. The lowest BCUT2D eigenvalue weighted by Gasteiger charge is -2.39. The van der Waals surface area contributed by atoms with Crippen LogP contribution in [0.2, 0.25) is 5.02 Å². The van der Waals surface area contributed by atoms with Crippen LogP contribution in [-0.4, -0.2) is 62.3 Å². The smallest absolute Gasteiger partial charge is 0.462 e. The van der Waals surface area contributed by atoms with Crippen LogP contribution < -0.4 is 9.62 Å². The molecule has 1 fully saturated rings. The number of pyridine rings is 2. The van der Waals surface area contributed by atoms with Gasteiger partial charge in [0.15, 0.2) is 5.69 Å². The van der Waals surface area contributed by atoms with Crippen molar-refractivity contribution in [2.24, 2.45) is 5.92 Å². The molecule has 2 aromatic heterocycles. The first kappa shape index (κ1) is 37.5. The number of esters is 2. The molecule has 1 aliphatic rings. The third kappa shape index (κ3) is 10.5. The predicted molar refractivity (Wildman–Crippen MR) is 154 cm³/mol. The van der Waals surface area contributed by atoms with Crippen molar-refractivity contribution in [3.05, 3.63) is 87.8 Å². The summed E-state index contributed by atoms with van der Waals surface area (Å²) >= 11 is 5.76. The van der Waals surface area contributed by atoms with Crippen LogP contribution in [0.5, 0.6) is 0 Å². The molecular weight excluding hydrogens is 700 g/mol. The maximum atomic E-state index is 13.5. The van der Waals surface area contributed by atoms with E-state index in [9.17, 15) is 54.4 Å². The number of nitrogens with zero attached hydrogens (tertiary/aromatic N) is 4. The first-order chi connectivity index (χ1) is 22.3. The second-order valence-electron chi connectivity index (χ2n) is 9.62. The van der Waals surface area contributed by atoms with Crippen molar-refractivity contribution >= 4 is 45.3 Å². The Labute approximate surface area is 273 Å². The average molecular weight is 722 g/mol. The number of halogens is 7. The highest BCUT2D eigenvalue weighted by molar-refractivity contribution is 7.89. The lowest BCUT2D eigenvalue weighted by molar-refractivity contribution is -0.291. The summed E-state index contributed by atoms with van der Waals surface area (Å²) in [6, 6.07) is 10.9. The monoisotopic (exact) mass is 721 g/mol. The molecule has 3 aromatic rings. The molecule has 1 N–H and O–H groups in total. The number of carbonyl (C=O) groups excluding carboxylic acids is 3. The first-order valence-electron chi connectivity index (χ1n) is 13.3. The number of rotatable bonds is 8. The number of nitrogens with one attached hydrogen (secondary N) is 1. The highest BCUT2D eigenvalue weighted by Gasteiger charge is 2.42. The van der Waals surface area contributed by atoms with Crippen LogP contribution in [0, 0.1) is 17.2 Å². The van der Waals surface area contributed by atoms with E-state index in [0.717, 1.165) is 12.3 Å². The van der Waals surface area contributed by atoms with Crippen LogP contribution in [-0.2, 0) is 36.2 Å². The van der Waals surface area contributed by atoms with Gasteiger partial charge in [0, 0.05) is 30.5 Å². The standard InChI is InChI=1S/C21H18ClF3N4O5S.C7H4F3NO2/c1-2-34-20(31)16-7-13(8-26)18(27-17(16)21(23,24)25)29-9-14(10-29)19(30)28-35(32,33)11-12-3-5-15(22)6-4-12;8-7(9,10)13-6(12)5-2-1-3-11-4-5/h3-7,14H,2,9-11H2,1H3,(H,28,30);1-4H. The molecule has 0 bridgehead atoms. The number of amides is 1. The van der Waals surface area contributed by atoms with Crippen molar-refractivity contribution < 1.29 is 58.6 Å². The number of alkyl halides is 6. The lowest BCUT2D eigenvalue weighted by Crippen LogP contribution is -2.55. The third-order valence-electron chi connectivity index (χ3n) is 6.07. The fourth-order valence-corrected chi connectivity index (χ4v) is 5.25. The summed E-state index contributed by atoms with van der Waals surface area (Å²) < 4.78 is 109. The molecule has 20 heteroatoms. The Morgan fingerprint density at radius 3 is 2.25 bits per heavy atom. The van der Waals surface area contributed by atoms with E-state index in [1.54, 1.807) is 6.07 Å². The molecule has 4 rings (SSSR count). The van der Waals surface area contributed by atoms with Crippen molar-refractivity contribution in [1.82, 2.24) is 14.7 Å². The molecule has 0 radical (unpaired) electrons. The highest BCUT2D eigenvalue weighted by atomic mass is 35.5. The van der Waals surface area contributed by atoms with E-state index >= 15 is 0 Å². The lowest BCUT2D eigenvalue weighted by atomic mass is 9.98. The van der Waals surface area contributed by atoms with Gasteiger partial charge >= 0.3 is 24.5 Å². The molecule has 1 aromatic carbocycles. The summed E-state index contributed by atoms with van der Waals surface area (Å²) in [5.74, 6) is -5.30. The van der Waals surface area contributed by atoms with Gasteiger partial charge in [0.25, 0.3) is 0 Å².